The van der Waals surface area contributed by atoms with Crippen molar-refractivity contribution in [2.45, 2.75) is 5.25 Å². The first-order valence-electron chi connectivity index (χ1n) is 9.59. The van der Waals surface area contributed by atoms with Gasteiger partial charge in [-0.1, -0.05) is 0 Å². The number of ether oxygens (including phenoxy) is 1. The number of anilines is 3. The van der Waals surface area contributed by atoms with E-state index in [2.05, 4.69) is 29.2 Å². The third kappa shape index (κ3) is 2.75. The van der Waals surface area contributed by atoms with E-state index in [1.54, 1.807) is 0 Å². The number of thioether (sulfide) groups is 1. The molecule has 1 aromatic heterocycles. The van der Waals surface area contributed by atoms with Gasteiger partial charge in [-0.25, -0.2) is 0 Å². The molecule has 0 N–H and O–H groups in total. The van der Waals surface area contributed by atoms with Gasteiger partial charge in [0.1, 0.15) is 0 Å². The van der Waals surface area contributed by atoms with E-state index in [1.807, 2.05) is 54.0 Å². The second kappa shape index (κ2) is 7.02. The average molecular weight is 525 g/mol. The van der Waals surface area contributed by atoms with E-state index in [-0.39, 0.29) is 22.7 Å². The van der Waals surface area contributed by atoms with Crippen LogP contribution in [0.2, 0.25) is 0 Å². The van der Waals surface area contributed by atoms with Gasteiger partial charge in [-0.05, 0) is 0 Å². The molecule has 2 aliphatic heterocycles. The fourth-order valence-corrected chi connectivity index (χ4v) is 7.93. The molecular weight excluding hydrogens is 510 g/mol. The monoisotopic (exact) mass is 527 g/mol. The van der Waals surface area contributed by atoms with Gasteiger partial charge in [0, 0.05) is 0 Å². The quantitative estimate of drug-likeness (QED) is 0.207. The minimum atomic E-state index is -0.770. The number of Topliss-reactive ketones (excluding diaryl/α,β-unsaturated/α-hetero) is 2. The number of nitrogens with zero attached hydrogens (tertiary/aromatic N) is 1. The number of carbonyl (C=O) groups excluding carboxylic acids is 2. The SMILES string of the molecule is O=C1/C(=C\c2ccc(N3c4ccccc4Oc4ccccc43)[te]2)C(=O)C2SC=CC12. The summed E-state index contributed by atoms with van der Waals surface area (Å²) in [6.07, 6.45) is 3.71. The Morgan fingerprint density at radius 2 is 1.60 bits per heavy atom. The van der Waals surface area contributed by atoms with Gasteiger partial charge in [-0.3, -0.25) is 0 Å². The van der Waals surface area contributed by atoms with Crippen LogP contribution in [0.4, 0.5) is 15.1 Å². The molecule has 1 aliphatic carbocycles. The fraction of sp³-hybridized carbons (Fsp3) is 0.0833. The number of fused-ring (bicyclic) bond motifs is 3. The van der Waals surface area contributed by atoms with Gasteiger partial charge in [-0.2, -0.15) is 0 Å². The van der Waals surface area contributed by atoms with Crippen LogP contribution in [0.15, 0.2) is 77.7 Å². The van der Waals surface area contributed by atoms with E-state index in [1.165, 1.54) is 15.5 Å². The number of rotatable bonds is 2. The van der Waals surface area contributed by atoms with Crippen LogP contribution in [-0.4, -0.2) is 37.2 Å². The van der Waals surface area contributed by atoms with Gasteiger partial charge >= 0.3 is 188 Å². The molecule has 6 rings (SSSR count). The topological polar surface area (TPSA) is 46.6 Å². The summed E-state index contributed by atoms with van der Waals surface area (Å²) in [5, 5.41) is 1.62. The van der Waals surface area contributed by atoms with Crippen LogP contribution in [0.5, 0.6) is 11.5 Å². The van der Waals surface area contributed by atoms with Crippen molar-refractivity contribution in [1.29, 1.82) is 0 Å². The molecule has 1 fully saturated rings. The van der Waals surface area contributed by atoms with Crippen LogP contribution in [0, 0.1) is 5.92 Å². The zero-order valence-electron chi connectivity index (χ0n) is 15.6. The van der Waals surface area contributed by atoms with Gasteiger partial charge in [0.05, 0.1) is 0 Å². The number of hydrogen-bond donors (Lipinski definition) is 0. The summed E-state index contributed by atoms with van der Waals surface area (Å²) in [5.41, 5.74) is 2.40. The molecule has 6 heteroatoms. The Morgan fingerprint density at radius 3 is 2.30 bits per heavy atom. The Balaban J connectivity index is 1.41. The maximum atomic E-state index is 12.7. The summed E-state index contributed by atoms with van der Waals surface area (Å²) in [4.78, 5) is 27.6. The Labute approximate surface area is 187 Å². The van der Waals surface area contributed by atoms with E-state index < -0.39 is 20.4 Å². The molecule has 0 spiro atoms. The third-order valence-corrected chi connectivity index (χ3v) is 9.50. The third-order valence-electron chi connectivity index (χ3n) is 5.48. The summed E-state index contributed by atoms with van der Waals surface area (Å²) in [5.74, 6) is 1.32. The van der Waals surface area contributed by atoms with Crippen molar-refractivity contribution < 1.29 is 14.3 Å². The number of ketones is 2. The molecule has 1 saturated carbocycles. The zero-order valence-corrected chi connectivity index (χ0v) is 18.8. The van der Waals surface area contributed by atoms with Gasteiger partial charge in [0.15, 0.2) is 0 Å². The Hall–Kier alpha value is -2.52. The van der Waals surface area contributed by atoms with Gasteiger partial charge in [0.2, 0.25) is 0 Å². The van der Waals surface area contributed by atoms with Crippen LogP contribution >= 0.6 is 11.8 Å². The van der Waals surface area contributed by atoms with E-state index >= 15 is 0 Å². The van der Waals surface area contributed by atoms with Gasteiger partial charge in [-0.15, -0.1) is 0 Å². The summed E-state index contributed by atoms with van der Waals surface area (Å²) >= 11 is 0.688. The van der Waals surface area contributed by atoms with Crippen LogP contribution < -0.4 is 9.64 Å². The number of allylic oxidation sites excluding steroid dienone is 2. The fourth-order valence-electron chi connectivity index (χ4n) is 4.07. The Bertz CT molecular complexity index is 1230. The summed E-state index contributed by atoms with van der Waals surface area (Å²) in [6.45, 7) is 0. The van der Waals surface area contributed by atoms with Crippen molar-refractivity contribution in [3.8, 4) is 11.5 Å². The molecule has 2 atom stereocenters. The average Bonchev–Trinajstić information content (AvgIpc) is 3.48. The minimum absolute atomic E-state index is 0.0242. The van der Waals surface area contributed by atoms with E-state index in [4.69, 9.17) is 4.74 Å². The van der Waals surface area contributed by atoms with Crippen molar-refractivity contribution in [2.24, 2.45) is 5.92 Å². The molecule has 2 aromatic carbocycles. The number of hydrogen-bond acceptors (Lipinski definition) is 5. The predicted octanol–water partition coefficient (Wildman–Crippen LogP) is 5.10. The molecule has 0 bridgehead atoms. The molecule has 3 aromatic rings. The molecule has 0 radical (unpaired) electrons. The van der Waals surface area contributed by atoms with E-state index in [9.17, 15) is 9.59 Å². The second-order valence-electron chi connectivity index (χ2n) is 7.25. The van der Waals surface area contributed by atoms with Crippen molar-refractivity contribution in [3.05, 3.63) is 81.3 Å². The molecule has 3 heterocycles. The predicted molar refractivity (Wildman–Crippen MR) is 120 cm³/mol. The normalized spacial score (nSPS) is 22.8. The van der Waals surface area contributed by atoms with Crippen LogP contribution in [0.3, 0.4) is 0 Å². The second-order valence-corrected chi connectivity index (χ2v) is 11.4. The van der Waals surface area contributed by atoms with Crippen molar-refractivity contribution in [1.82, 2.24) is 0 Å². The Kier molecular flexibility index (Phi) is 4.27. The van der Waals surface area contributed by atoms with Crippen molar-refractivity contribution in [2.75, 3.05) is 4.90 Å². The molecule has 30 heavy (non-hydrogen) atoms. The Morgan fingerprint density at radius 1 is 0.900 bits per heavy atom. The van der Waals surface area contributed by atoms with Crippen molar-refractivity contribution >= 4 is 64.9 Å². The van der Waals surface area contributed by atoms with E-state index in [0.717, 1.165) is 26.5 Å². The first kappa shape index (κ1) is 18.3. The van der Waals surface area contributed by atoms with Crippen LogP contribution in [-0.2, 0) is 9.59 Å². The van der Waals surface area contributed by atoms with Crippen molar-refractivity contribution in [3.63, 3.8) is 0 Å². The first-order valence-corrected chi connectivity index (χ1v) is 12.9. The van der Waals surface area contributed by atoms with E-state index in [0.29, 0.717) is 5.57 Å². The molecule has 146 valence electrons. The number of carbonyl (C=O) groups is 2. The number of para-hydroxylation sites is 4. The first-order chi connectivity index (χ1) is 14.7. The summed E-state index contributed by atoms with van der Waals surface area (Å²) in [7, 11) is 0. The van der Waals surface area contributed by atoms with Gasteiger partial charge in [0.25, 0.3) is 0 Å². The molecule has 3 aliphatic rings. The van der Waals surface area contributed by atoms with Crippen LogP contribution in [0.1, 0.15) is 3.58 Å². The number of benzene rings is 2. The molecule has 2 unspecified atom stereocenters. The summed E-state index contributed by atoms with van der Waals surface area (Å²) in [6, 6.07) is 20.2. The molecule has 0 saturated heterocycles. The molecule has 4 nitrogen and oxygen atoms in total. The maximum absolute atomic E-state index is 12.7. The summed E-state index contributed by atoms with van der Waals surface area (Å²) < 4.78 is 8.40. The standard InChI is InChI=1S/C24H15NO3STe/c26-22-15-11-12-29-24(15)23(27)16(22)13-14-9-10-21(30-14)25-17-5-1-3-7-19(17)28-20-8-4-2-6-18(20)25/h1-13,15,24H/b16-13+. The molecular formula is C24H15NO3STe. The van der Waals surface area contributed by atoms with Gasteiger partial charge < -0.3 is 0 Å². The van der Waals surface area contributed by atoms with Crippen LogP contribution in [0.25, 0.3) is 6.08 Å². The zero-order chi connectivity index (χ0) is 20.2. The molecule has 0 amide bonds.